The van der Waals surface area contributed by atoms with E-state index >= 15 is 0 Å². The van der Waals surface area contributed by atoms with E-state index in [4.69, 9.17) is 9.47 Å². The van der Waals surface area contributed by atoms with Crippen LogP contribution in [0.1, 0.15) is 162 Å². The zero-order valence-corrected chi connectivity index (χ0v) is 28.9. The fraction of sp³-hybridized carbons (Fsp3) is 0.718. The lowest BCUT2D eigenvalue weighted by molar-refractivity contribution is -0.152. The van der Waals surface area contributed by atoms with Gasteiger partial charge in [0.2, 0.25) is 0 Å². The summed E-state index contributed by atoms with van der Waals surface area (Å²) in [6, 6.07) is 0. The topological polar surface area (TPSA) is 89.9 Å². The van der Waals surface area contributed by atoms with Crippen molar-refractivity contribution in [1.29, 1.82) is 0 Å². The highest BCUT2D eigenvalue weighted by Gasteiger charge is 2.12. The lowest BCUT2D eigenvalue weighted by Crippen LogP contribution is -2.25. The predicted molar refractivity (Wildman–Crippen MR) is 187 cm³/mol. The number of allylic oxidation sites excluding steroid dienone is 8. The third-order valence-electron chi connectivity index (χ3n) is 7.54. The van der Waals surface area contributed by atoms with E-state index in [-0.39, 0.29) is 37.4 Å². The summed E-state index contributed by atoms with van der Waals surface area (Å²) in [7, 11) is 0. The minimum atomic E-state index is -1.000. The van der Waals surface area contributed by atoms with Gasteiger partial charge in [-0.3, -0.25) is 14.4 Å². The van der Waals surface area contributed by atoms with E-state index in [2.05, 4.69) is 32.1 Å². The maximum absolute atomic E-state index is 11.9. The molecule has 0 aliphatic rings. The second-order valence-electron chi connectivity index (χ2n) is 12.0. The first-order chi connectivity index (χ1) is 22.0. The number of aliphatic hydroxyl groups excluding tert-OH is 1. The highest BCUT2D eigenvalue weighted by Crippen LogP contribution is 2.13. The summed E-state index contributed by atoms with van der Waals surface area (Å²) in [5.41, 5.74) is 0. The monoisotopic (exact) mass is 630 g/mol. The highest BCUT2D eigenvalue weighted by atomic mass is 16.6. The number of rotatable bonds is 32. The Kier molecular flexibility index (Phi) is 32.5. The molecule has 0 rings (SSSR count). The molecule has 0 aliphatic heterocycles. The van der Waals surface area contributed by atoms with Gasteiger partial charge in [0.1, 0.15) is 19.3 Å². The van der Waals surface area contributed by atoms with E-state index < -0.39 is 6.10 Å². The molecule has 45 heavy (non-hydrogen) atoms. The van der Waals surface area contributed by atoms with Crippen LogP contribution >= 0.6 is 0 Å². The average molecular weight is 631 g/mol. The van der Waals surface area contributed by atoms with Crippen molar-refractivity contribution in [3.63, 3.8) is 0 Å². The molecule has 0 unspecified atom stereocenters. The Labute approximate surface area is 275 Å². The molecule has 0 amide bonds. The van der Waals surface area contributed by atoms with Crippen LogP contribution in [0.3, 0.4) is 0 Å². The maximum atomic E-state index is 11.9. The molecule has 1 N–H and O–H groups in total. The molecule has 0 radical (unpaired) electrons. The molecular weight excluding hydrogens is 564 g/mol. The fourth-order valence-corrected chi connectivity index (χ4v) is 4.74. The van der Waals surface area contributed by atoms with E-state index in [1.54, 1.807) is 6.08 Å². The van der Waals surface area contributed by atoms with Crippen LogP contribution in [-0.2, 0) is 23.9 Å². The normalized spacial score (nSPS) is 12.6. The molecule has 0 aromatic heterocycles. The van der Waals surface area contributed by atoms with Crippen LogP contribution in [0.2, 0.25) is 0 Å². The van der Waals surface area contributed by atoms with Crippen LogP contribution in [-0.4, -0.2) is 42.1 Å². The number of carbonyl (C=O) groups excluding carboxylic acids is 3. The molecule has 0 saturated carbocycles. The minimum Gasteiger partial charge on any atom is -0.463 e. The van der Waals surface area contributed by atoms with Gasteiger partial charge in [-0.05, 0) is 44.6 Å². The fourth-order valence-electron chi connectivity index (χ4n) is 4.74. The number of hydrogen-bond donors (Lipinski definition) is 1. The molecule has 0 aliphatic carbocycles. The van der Waals surface area contributed by atoms with Crippen molar-refractivity contribution in [3.05, 3.63) is 48.6 Å². The zero-order chi connectivity index (χ0) is 33.1. The third-order valence-corrected chi connectivity index (χ3v) is 7.54. The Morgan fingerprint density at radius 1 is 0.533 bits per heavy atom. The van der Waals surface area contributed by atoms with Crippen molar-refractivity contribution >= 4 is 17.7 Å². The summed E-state index contributed by atoms with van der Waals surface area (Å²) in [6.45, 7) is 4.08. The first-order valence-electron chi connectivity index (χ1n) is 18.1. The number of aliphatic hydroxyl groups is 1. The summed E-state index contributed by atoms with van der Waals surface area (Å²) < 4.78 is 10.2. The number of ether oxygens (including phenoxy) is 2. The first-order valence-corrected chi connectivity index (χ1v) is 18.1. The molecule has 1 atom stereocenters. The van der Waals surface area contributed by atoms with E-state index in [0.717, 1.165) is 57.8 Å². The van der Waals surface area contributed by atoms with Crippen LogP contribution in [0, 0.1) is 0 Å². The highest BCUT2D eigenvalue weighted by molar-refractivity contribution is 5.89. The van der Waals surface area contributed by atoms with Gasteiger partial charge in [-0.25, -0.2) is 0 Å². The number of unbranched alkanes of at least 4 members (excludes halogenated alkanes) is 15. The van der Waals surface area contributed by atoms with Gasteiger partial charge in [-0.15, -0.1) is 0 Å². The summed E-state index contributed by atoms with van der Waals surface area (Å²) in [5.74, 6) is -0.475. The minimum absolute atomic E-state index is 0.147. The Balaban J connectivity index is 3.61. The van der Waals surface area contributed by atoms with Crippen LogP contribution < -0.4 is 0 Å². The summed E-state index contributed by atoms with van der Waals surface area (Å²) in [4.78, 5) is 35.5. The van der Waals surface area contributed by atoms with Crippen molar-refractivity contribution in [2.24, 2.45) is 0 Å². The van der Waals surface area contributed by atoms with E-state index in [1.165, 1.54) is 64.2 Å². The van der Waals surface area contributed by atoms with Crippen LogP contribution in [0.25, 0.3) is 0 Å². The van der Waals surface area contributed by atoms with Crippen molar-refractivity contribution < 1.29 is 29.0 Å². The van der Waals surface area contributed by atoms with Crippen LogP contribution in [0.4, 0.5) is 0 Å². The molecule has 6 heteroatoms. The van der Waals surface area contributed by atoms with Crippen molar-refractivity contribution in [3.8, 4) is 0 Å². The molecule has 0 aromatic rings. The SMILES string of the molecule is CCCCCCCCCCCCCCCC(=O)OC[C@@H](O)COC(=O)CCC/C=C\C/C=C\C/C=C\C=C\C(=O)CCCCC. The summed E-state index contributed by atoms with van der Waals surface area (Å²) in [6.07, 6.45) is 38.6. The van der Waals surface area contributed by atoms with Gasteiger partial charge in [0.25, 0.3) is 0 Å². The molecule has 6 nitrogen and oxygen atoms in total. The number of esters is 2. The van der Waals surface area contributed by atoms with Gasteiger partial charge >= 0.3 is 11.9 Å². The van der Waals surface area contributed by atoms with Gasteiger partial charge in [0.15, 0.2) is 5.78 Å². The second-order valence-corrected chi connectivity index (χ2v) is 12.0. The molecule has 0 aromatic carbocycles. The molecule has 0 fully saturated rings. The Morgan fingerprint density at radius 2 is 0.978 bits per heavy atom. The van der Waals surface area contributed by atoms with E-state index in [1.807, 2.05) is 24.3 Å². The smallest absolute Gasteiger partial charge is 0.305 e. The van der Waals surface area contributed by atoms with Crippen molar-refractivity contribution in [2.75, 3.05) is 13.2 Å². The van der Waals surface area contributed by atoms with E-state index in [0.29, 0.717) is 19.3 Å². The molecule has 0 saturated heterocycles. The summed E-state index contributed by atoms with van der Waals surface area (Å²) >= 11 is 0. The number of carbonyl (C=O) groups is 3. The standard InChI is InChI=1S/C39H66O6/c1-3-5-7-8-9-10-11-12-15-18-21-24-28-32-38(42)44-34-37(41)35-45-39(43)33-29-25-22-19-16-13-14-17-20-23-27-31-36(40)30-26-6-4-2/h13-14,19-20,22-23,27,31,37,41H,3-12,15-18,21,24-26,28-30,32-35H2,1-2H3/b14-13-,22-19-,23-20-,31-27+/t37-/m1/s1. The summed E-state index contributed by atoms with van der Waals surface area (Å²) in [5, 5.41) is 9.97. The zero-order valence-electron chi connectivity index (χ0n) is 28.9. The Bertz CT molecular complexity index is 825. The van der Waals surface area contributed by atoms with Gasteiger partial charge in [0.05, 0.1) is 0 Å². The molecule has 258 valence electrons. The third kappa shape index (κ3) is 34.2. The lowest BCUT2D eigenvalue weighted by Gasteiger charge is -2.12. The molecule has 0 bridgehead atoms. The van der Waals surface area contributed by atoms with Gasteiger partial charge in [-0.2, -0.15) is 0 Å². The lowest BCUT2D eigenvalue weighted by atomic mass is 10.0. The quantitative estimate of drug-likeness (QED) is 0.0261. The van der Waals surface area contributed by atoms with Gasteiger partial charge < -0.3 is 14.6 Å². The largest absolute Gasteiger partial charge is 0.463 e. The van der Waals surface area contributed by atoms with Gasteiger partial charge in [-0.1, -0.05) is 146 Å². The van der Waals surface area contributed by atoms with Crippen molar-refractivity contribution in [2.45, 2.75) is 168 Å². The molecule has 0 spiro atoms. The van der Waals surface area contributed by atoms with Crippen LogP contribution in [0.5, 0.6) is 0 Å². The second kappa shape index (κ2) is 34.4. The number of ketones is 1. The van der Waals surface area contributed by atoms with Crippen LogP contribution in [0.15, 0.2) is 48.6 Å². The predicted octanol–water partition coefficient (Wildman–Crippen LogP) is 10.2. The Hall–Kier alpha value is -2.47. The van der Waals surface area contributed by atoms with Gasteiger partial charge in [0, 0.05) is 19.3 Å². The molecular formula is C39H66O6. The number of hydrogen-bond acceptors (Lipinski definition) is 6. The van der Waals surface area contributed by atoms with E-state index in [9.17, 15) is 19.5 Å². The average Bonchev–Trinajstić information content (AvgIpc) is 3.03. The first kappa shape index (κ1) is 42.5. The Morgan fingerprint density at radius 3 is 1.56 bits per heavy atom. The maximum Gasteiger partial charge on any atom is 0.305 e. The van der Waals surface area contributed by atoms with Crippen molar-refractivity contribution in [1.82, 2.24) is 0 Å². The molecule has 0 heterocycles.